The van der Waals surface area contributed by atoms with Gasteiger partial charge in [-0.15, -0.1) is 0 Å². The van der Waals surface area contributed by atoms with Gasteiger partial charge in [0.1, 0.15) is 5.78 Å². The summed E-state index contributed by atoms with van der Waals surface area (Å²) in [4.78, 5) is 12.0. The highest BCUT2D eigenvalue weighted by Crippen LogP contribution is 2.59. The molecule has 5 aliphatic rings. The van der Waals surface area contributed by atoms with Crippen LogP contribution in [0.2, 0.25) is 0 Å². The lowest BCUT2D eigenvalue weighted by molar-refractivity contribution is -0.150. The van der Waals surface area contributed by atoms with E-state index in [0.29, 0.717) is 11.7 Å². The molecule has 3 nitrogen and oxygen atoms in total. The van der Waals surface area contributed by atoms with E-state index in [2.05, 4.69) is 0 Å². The first-order valence-corrected chi connectivity index (χ1v) is 5.64. The fraction of sp³-hybridized carbons (Fsp3) is 0.909. The number of carbonyl (C=O) groups excluding carboxylic acids is 1. The van der Waals surface area contributed by atoms with Crippen molar-refractivity contribution in [3.63, 3.8) is 0 Å². The third kappa shape index (κ3) is 0.654. The van der Waals surface area contributed by atoms with Crippen LogP contribution in [0.15, 0.2) is 0 Å². The van der Waals surface area contributed by atoms with Gasteiger partial charge in [0.15, 0.2) is 0 Å². The predicted octanol–water partition coefficient (Wildman–Crippen LogP) is 0.360. The lowest BCUT2D eigenvalue weighted by Gasteiger charge is -2.44. The smallest absolute Gasteiger partial charge is 0.142 e. The second-order valence-electron chi connectivity index (χ2n) is 5.30. The average Bonchev–Trinajstić information content (AvgIpc) is 2.60. The number of ketones is 1. The van der Waals surface area contributed by atoms with Crippen molar-refractivity contribution in [2.75, 3.05) is 0 Å². The highest BCUT2D eigenvalue weighted by Gasteiger charge is 2.67. The van der Waals surface area contributed by atoms with Gasteiger partial charge in [0.05, 0.1) is 18.3 Å². The molecule has 2 heterocycles. The summed E-state index contributed by atoms with van der Waals surface area (Å²) in [6, 6.07) is 0. The fourth-order valence-electron chi connectivity index (χ4n) is 4.42. The van der Waals surface area contributed by atoms with Crippen molar-refractivity contribution in [3.05, 3.63) is 0 Å². The molecule has 2 saturated heterocycles. The van der Waals surface area contributed by atoms with Crippen LogP contribution in [-0.4, -0.2) is 29.2 Å². The Labute approximate surface area is 82.4 Å². The molecule has 3 heteroatoms. The van der Waals surface area contributed by atoms with Crippen molar-refractivity contribution in [1.29, 1.82) is 0 Å². The molecule has 5 fully saturated rings. The van der Waals surface area contributed by atoms with Crippen LogP contribution in [0.4, 0.5) is 0 Å². The minimum Gasteiger partial charge on any atom is -0.393 e. The van der Waals surface area contributed by atoms with E-state index in [1.54, 1.807) is 0 Å². The Kier molecular flexibility index (Phi) is 1.24. The molecule has 0 aromatic heterocycles. The number of aliphatic hydroxyl groups is 1. The summed E-state index contributed by atoms with van der Waals surface area (Å²) in [5, 5.41) is 9.92. The molecule has 0 aromatic rings. The standard InChI is InChI=1S/C11H14O3/c12-6-2-1-4-9-7-3-5(10(9)13)8(6)11(4)14-7/h4-9,11-12H,1-3H2. The first-order valence-electron chi connectivity index (χ1n) is 5.64. The van der Waals surface area contributed by atoms with Crippen LogP contribution in [-0.2, 0) is 9.53 Å². The van der Waals surface area contributed by atoms with Crippen LogP contribution in [0.25, 0.3) is 0 Å². The number of rotatable bonds is 0. The molecule has 1 N–H and O–H groups in total. The van der Waals surface area contributed by atoms with E-state index in [1.165, 1.54) is 0 Å². The largest absolute Gasteiger partial charge is 0.393 e. The van der Waals surface area contributed by atoms with E-state index >= 15 is 0 Å². The molecule has 7 unspecified atom stereocenters. The molecule has 2 aliphatic heterocycles. The van der Waals surface area contributed by atoms with Crippen molar-refractivity contribution < 1.29 is 14.6 Å². The van der Waals surface area contributed by atoms with Gasteiger partial charge < -0.3 is 9.84 Å². The summed E-state index contributed by atoms with van der Waals surface area (Å²) in [7, 11) is 0. The third-order valence-corrected chi connectivity index (χ3v) is 4.88. The number of ether oxygens (including phenoxy) is 1. The van der Waals surface area contributed by atoms with Crippen LogP contribution >= 0.6 is 0 Å². The summed E-state index contributed by atoms with van der Waals surface area (Å²) in [6.07, 6.45) is 2.89. The van der Waals surface area contributed by atoms with E-state index in [-0.39, 0.29) is 36.1 Å². The molecular weight excluding hydrogens is 180 g/mol. The number of Topliss-reactive ketones (excluding diaryl/α,β-unsaturated/α-hetero) is 1. The molecule has 0 radical (unpaired) electrons. The van der Waals surface area contributed by atoms with Gasteiger partial charge in [-0.05, 0) is 25.2 Å². The maximum absolute atomic E-state index is 12.0. The molecule has 76 valence electrons. The van der Waals surface area contributed by atoms with E-state index in [1.807, 2.05) is 0 Å². The molecule has 3 saturated carbocycles. The maximum Gasteiger partial charge on any atom is 0.142 e. The van der Waals surface area contributed by atoms with Gasteiger partial charge in [0, 0.05) is 17.8 Å². The van der Waals surface area contributed by atoms with Gasteiger partial charge in [0.25, 0.3) is 0 Å². The third-order valence-electron chi connectivity index (χ3n) is 4.88. The van der Waals surface area contributed by atoms with Crippen molar-refractivity contribution in [2.45, 2.75) is 37.6 Å². The molecule has 0 spiro atoms. The van der Waals surface area contributed by atoms with Gasteiger partial charge in [-0.2, -0.15) is 0 Å². The van der Waals surface area contributed by atoms with Crippen LogP contribution in [0.3, 0.4) is 0 Å². The Hall–Kier alpha value is -0.410. The fourth-order valence-corrected chi connectivity index (χ4v) is 4.42. The van der Waals surface area contributed by atoms with Crippen molar-refractivity contribution in [1.82, 2.24) is 0 Å². The summed E-state index contributed by atoms with van der Waals surface area (Å²) >= 11 is 0. The monoisotopic (exact) mass is 194 g/mol. The first kappa shape index (κ1) is 7.83. The van der Waals surface area contributed by atoms with Gasteiger partial charge >= 0.3 is 0 Å². The Morgan fingerprint density at radius 1 is 1.36 bits per heavy atom. The number of hydrogen-bond donors (Lipinski definition) is 1. The van der Waals surface area contributed by atoms with Crippen LogP contribution in [0, 0.1) is 23.7 Å². The Bertz CT molecular complexity index is 314. The quantitative estimate of drug-likeness (QED) is 0.605. The minimum absolute atomic E-state index is 0.135. The molecular formula is C11H14O3. The summed E-state index contributed by atoms with van der Waals surface area (Å²) in [5.41, 5.74) is 0. The minimum atomic E-state index is -0.287. The SMILES string of the molecule is O=C1C2CC3OC4C(CCC(O)C24)C13. The second kappa shape index (κ2) is 2.22. The summed E-state index contributed by atoms with van der Waals surface area (Å²) in [6.45, 7) is 0. The molecule has 0 amide bonds. The van der Waals surface area contributed by atoms with Crippen molar-refractivity contribution in [3.8, 4) is 0 Å². The van der Waals surface area contributed by atoms with Crippen LogP contribution in [0.1, 0.15) is 19.3 Å². The Morgan fingerprint density at radius 3 is 3.07 bits per heavy atom. The van der Waals surface area contributed by atoms with Gasteiger partial charge in [-0.3, -0.25) is 4.79 Å². The van der Waals surface area contributed by atoms with Crippen LogP contribution < -0.4 is 0 Å². The molecule has 7 atom stereocenters. The van der Waals surface area contributed by atoms with Crippen molar-refractivity contribution in [2.24, 2.45) is 23.7 Å². The zero-order chi connectivity index (χ0) is 9.45. The summed E-state index contributed by atoms with van der Waals surface area (Å²) in [5.74, 6) is 1.32. The lowest BCUT2D eigenvalue weighted by atomic mass is 9.63. The van der Waals surface area contributed by atoms with Gasteiger partial charge in [-0.1, -0.05) is 0 Å². The van der Waals surface area contributed by atoms with Gasteiger partial charge in [0.2, 0.25) is 0 Å². The molecule has 3 aliphatic carbocycles. The highest BCUT2D eigenvalue weighted by molar-refractivity contribution is 5.89. The van der Waals surface area contributed by atoms with Crippen LogP contribution in [0.5, 0.6) is 0 Å². The summed E-state index contributed by atoms with van der Waals surface area (Å²) < 4.78 is 5.88. The zero-order valence-electron chi connectivity index (χ0n) is 7.93. The first-order chi connectivity index (χ1) is 6.77. The zero-order valence-corrected chi connectivity index (χ0v) is 7.93. The second-order valence-corrected chi connectivity index (χ2v) is 5.30. The number of aliphatic hydroxyl groups excluding tert-OH is 1. The average molecular weight is 194 g/mol. The van der Waals surface area contributed by atoms with Crippen molar-refractivity contribution >= 4 is 5.78 Å². The molecule has 6 bridgehead atoms. The number of carbonyl (C=O) groups is 1. The highest BCUT2D eigenvalue weighted by atomic mass is 16.5. The molecule has 14 heavy (non-hydrogen) atoms. The Balaban J connectivity index is 1.86. The lowest BCUT2D eigenvalue weighted by Crippen LogP contribution is -2.52. The van der Waals surface area contributed by atoms with E-state index in [4.69, 9.17) is 4.74 Å². The predicted molar refractivity (Wildman–Crippen MR) is 47.5 cm³/mol. The molecule has 0 aromatic carbocycles. The maximum atomic E-state index is 12.0. The topological polar surface area (TPSA) is 46.5 Å². The normalized spacial score (nSPS) is 63.8. The molecule has 5 rings (SSSR count). The van der Waals surface area contributed by atoms with E-state index in [0.717, 1.165) is 19.3 Å². The number of hydrogen-bond acceptors (Lipinski definition) is 3. The van der Waals surface area contributed by atoms with E-state index < -0.39 is 0 Å². The van der Waals surface area contributed by atoms with E-state index in [9.17, 15) is 9.90 Å². The van der Waals surface area contributed by atoms with Gasteiger partial charge in [-0.25, -0.2) is 0 Å². The Morgan fingerprint density at radius 2 is 2.21 bits per heavy atom.